The molecular formula is C18H24FN5O. The van der Waals surface area contributed by atoms with Gasteiger partial charge in [-0.3, -0.25) is 4.90 Å². The Balaban J connectivity index is 1.65. The number of hydrogen-bond acceptors (Lipinski definition) is 5. The molecule has 0 aliphatic carbocycles. The summed E-state index contributed by atoms with van der Waals surface area (Å²) < 4.78 is 21.0. The topological polar surface area (TPSA) is 56.1 Å². The number of aromatic nitrogens is 4. The maximum Gasteiger partial charge on any atom is 0.173 e. The Morgan fingerprint density at radius 2 is 1.92 bits per heavy atom. The summed E-state index contributed by atoms with van der Waals surface area (Å²) in [6.45, 7) is 3.51. The minimum Gasteiger partial charge on any atom is -0.376 e. The van der Waals surface area contributed by atoms with Gasteiger partial charge in [0.2, 0.25) is 0 Å². The zero-order chi connectivity index (χ0) is 17.1. The van der Waals surface area contributed by atoms with Crippen LogP contribution in [0.25, 0.3) is 0 Å². The van der Waals surface area contributed by atoms with Gasteiger partial charge in [-0.1, -0.05) is 18.6 Å². The number of rotatable bonds is 5. The molecule has 2 atom stereocenters. The van der Waals surface area contributed by atoms with E-state index in [4.69, 9.17) is 4.74 Å². The second kappa shape index (κ2) is 7.58. The van der Waals surface area contributed by atoms with E-state index in [1.54, 1.807) is 0 Å². The first-order valence-corrected chi connectivity index (χ1v) is 9.18. The Labute approximate surface area is 147 Å². The molecule has 0 N–H and O–H groups in total. The van der Waals surface area contributed by atoms with Crippen LogP contribution in [-0.2, 0) is 11.3 Å². The second-order valence-electron chi connectivity index (χ2n) is 6.90. The van der Waals surface area contributed by atoms with Gasteiger partial charge in [-0.15, -0.1) is 5.10 Å². The second-order valence-corrected chi connectivity index (χ2v) is 6.90. The van der Waals surface area contributed by atoms with Gasteiger partial charge in [0.15, 0.2) is 5.82 Å². The van der Waals surface area contributed by atoms with Crippen molar-refractivity contribution < 1.29 is 9.13 Å². The molecule has 0 bridgehead atoms. The highest BCUT2D eigenvalue weighted by atomic mass is 19.1. The van der Waals surface area contributed by atoms with E-state index in [2.05, 4.69) is 20.4 Å². The van der Waals surface area contributed by atoms with Crippen LogP contribution >= 0.6 is 0 Å². The number of piperidine rings is 1. The van der Waals surface area contributed by atoms with Crippen molar-refractivity contribution in [2.75, 3.05) is 19.7 Å². The fourth-order valence-corrected chi connectivity index (χ4v) is 3.86. The molecule has 0 radical (unpaired) electrons. The summed E-state index contributed by atoms with van der Waals surface area (Å²) in [6.07, 6.45) is 5.92. The maximum absolute atomic E-state index is 13.4. The third kappa shape index (κ3) is 3.72. The molecule has 7 heteroatoms. The van der Waals surface area contributed by atoms with Gasteiger partial charge in [-0.25, -0.2) is 9.07 Å². The molecule has 1 aromatic carbocycles. The normalized spacial score (nSPS) is 23.0. The molecule has 0 spiro atoms. The first-order valence-electron chi connectivity index (χ1n) is 9.18. The SMILES string of the molecule is Fc1ccc([C@H](c2nnnn2C[C@@H]2CCCO2)N2CCCCC2)cc1. The largest absolute Gasteiger partial charge is 0.376 e. The lowest BCUT2D eigenvalue weighted by Gasteiger charge is -2.34. The number of likely N-dealkylation sites (tertiary alicyclic amines) is 1. The number of tetrazole rings is 1. The van der Waals surface area contributed by atoms with Crippen LogP contribution in [0.1, 0.15) is 49.5 Å². The molecule has 0 unspecified atom stereocenters. The van der Waals surface area contributed by atoms with Gasteiger partial charge in [-0.05, 0) is 66.9 Å². The van der Waals surface area contributed by atoms with E-state index < -0.39 is 0 Å². The summed E-state index contributed by atoms with van der Waals surface area (Å²) in [7, 11) is 0. The smallest absolute Gasteiger partial charge is 0.173 e. The average Bonchev–Trinajstić information content (AvgIpc) is 3.31. The molecule has 3 heterocycles. The van der Waals surface area contributed by atoms with Crippen molar-refractivity contribution in [2.45, 2.75) is 50.8 Å². The molecule has 134 valence electrons. The van der Waals surface area contributed by atoms with Crippen LogP contribution in [0.3, 0.4) is 0 Å². The molecule has 2 aliphatic heterocycles. The summed E-state index contributed by atoms with van der Waals surface area (Å²) in [5.74, 6) is 0.601. The summed E-state index contributed by atoms with van der Waals surface area (Å²) in [5.41, 5.74) is 1.03. The van der Waals surface area contributed by atoms with Crippen molar-refractivity contribution >= 4 is 0 Å². The quantitative estimate of drug-likeness (QED) is 0.834. The lowest BCUT2D eigenvalue weighted by molar-refractivity contribution is 0.0902. The van der Waals surface area contributed by atoms with E-state index in [9.17, 15) is 4.39 Å². The van der Waals surface area contributed by atoms with Crippen LogP contribution in [0, 0.1) is 5.82 Å². The van der Waals surface area contributed by atoms with Crippen LogP contribution in [0.2, 0.25) is 0 Å². The molecule has 0 saturated carbocycles. The third-order valence-electron chi connectivity index (χ3n) is 5.15. The Morgan fingerprint density at radius 3 is 2.64 bits per heavy atom. The van der Waals surface area contributed by atoms with Crippen LogP contribution < -0.4 is 0 Å². The minimum absolute atomic E-state index is 0.0442. The van der Waals surface area contributed by atoms with E-state index in [0.717, 1.165) is 43.9 Å². The van der Waals surface area contributed by atoms with Gasteiger partial charge >= 0.3 is 0 Å². The Morgan fingerprint density at radius 1 is 1.12 bits per heavy atom. The van der Waals surface area contributed by atoms with Crippen LogP contribution in [0.5, 0.6) is 0 Å². The molecule has 4 rings (SSSR count). The number of nitrogens with zero attached hydrogens (tertiary/aromatic N) is 5. The number of halogens is 1. The predicted octanol–water partition coefficient (Wildman–Crippen LogP) is 2.57. The van der Waals surface area contributed by atoms with E-state index in [1.807, 2.05) is 16.8 Å². The fourth-order valence-electron chi connectivity index (χ4n) is 3.86. The molecule has 2 aliphatic rings. The molecule has 1 aromatic heterocycles. The summed E-state index contributed by atoms with van der Waals surface area (Å²) in [5, 5.41) is 12.5. The van der Waals surface area contributed by atoms with Crippen molar-refractivity contribution in [3.8, 4) is 0 Å². The van der Waals surface area contributed by atoms with E-state index in [1.165, 1.54) is 31.4 Å². The van der Waals surface area contributed by atoms with Crippen molar-refractivity contribution in [2.24, 2.45) is 0 Å². The lowest BCUT2D eigenvalue weighted by atomic mass is 10.0. The summed E-state index contributed by atoms with van der Waals surface area (Å²) >= 11 is 0. The Bertz CT molecular complexity index is 677. The highest BCUT2D eigenvalue weighted by molar-refractivity contribution is 5.25. The molecule has 6 nitrogen and oxygen atoms in total. The van der Waals surface area contributed by atoms with Crippen molar-refractivity contribution in [1.29, 1.82) is 0 Å². The standard InChI is InChI=1S/C18H24FN5O/c19-15-8-6-14(7-9-15)17(23-10-2-1-3-11-23)18-20-21-22-24(18)13-16-5-4-12-25-16/h6-9,16-17H,1-5,10-13H2/t16-,17+/m0/s1. The fraction of sp³-hybridized carbons (Fsp3) is 0.611. The van der Waals surface area contributed by atoms with Crippen molar-refractivity contribution in [3.05, 3.63) is 41.5 Å². The monoisotopic (exact) mass is 345 g/mol. The highest BCUT2D eigenvalue weighted by Crippen LogP contribution is 2.30. The van der Waals surface area contributed by atoms with Crippen LogP contribution in [0.15, 0.2) is 24.3 Å². The third-order valence-corrected chi connectivity index (χ3v) is 5.15. The molecular weight excluding hydrogens is 321 g/mol. The van der Waals surface area contributed by atoms with Gasteiger partial charge in [0, 0.05) is 6.61 Å². The van der Waals surface area contributed by atoms with E-state index in [0.29, 0.717) is 6.54 Å². The predicted molar refractivity (Wildman–Crippen MR) is 90.5 cm³/mol. The van der Waals surface area contributed by atoms with E-state index in [-0.39, 0.29) is 18.0 Å². The van der Waals surface area contributed by atoms with Crippen LogP contribution in [0.4, 0.5) is 4.39 Å². The first kappa shape index (κ1) is 16.6. The highest BCUT2D eigenvalue weighted by Gasteiger charge is 2.30. The maximum atomic E-state index is 13.4. The van der Waals surface area contributed by atoms with Gasteiger partial charge in [0.05, 0.1) is 18.7 Å². The number of ether oxygens (including phenoxy) is 1. The molecule has 0 amide bonds. The summed E-state index contributed by atoms with van der Waals surface area (Å²) in [4.78, 5) is 2.41. The van der Waals surface area contributed by atoms with Gasteiger partial charge < -0.3 is 4.74 Å². The number of hydrogen-bond donors (Lipinski definition) is 0. The van der Waals surface area contributed by atoms with Crippen LogP contribution in [-0.4, -0.2) is 50.9 Å². The van der Waals surface area contributed by atoms with E-state index >= 15 is 0 Å². The average molecular weight is 345 g/mol. The molecule has 2 fully saturated rings. The number of benzene rings is 1. The van der Waals surface area contributed by atoms with Gasteiger partial charge in [-0.2, -0.15) is 0 Å². The first-order chi connectivity index (χ1) is 12.3. The van der Waals surface area contributed by atoms with Gasteiger partial charge in [0.25, 0.3) is 0 Å². The molecule has 2 aromatic rings. The van der Waals surface area contributed by atoms with Crippen molar-refractivity contribution in [1.82, 2.24) is 25.1 Å². The Hall–Kier alpha value is -1.86. The zero-order valence-electron chi connectivity index (χ0n) is 14.4. The summed E-state index contributed by atoms with van der Waals surface area (Å²) in [6, 6.07) is 6.68. The Kier molecular flexibility index (Phi) is 5.03. The van der Waals surface area contributed by atoms with Gasteiger partial charge in [0.1, 0.15) is 5.82 Å². The minimum atomic E-state index is -0.222. The van der Waals surface area contributed by atoms with Crippen molar-refractivity contribution in [3.63, 3.8) is 0 Å². The molecule has 25 heavy (non-hydrogen) atoms. The zero-order valence-corrected chi connectivity index (χ0v) is 14.4. The lowest BCUT2D eigenvalue weighted by Crippen LogP contribution is -2.36. The molecule has 2 saturated heterocycles.